The molecule has 1 heterocycles. The summed E-state index contributed by atoms with van der Waals surface area (Å²) in [6.07, 6.45) is 9.16. The number of carbonyl (C=O) groups is 1. The van der Waals surface area contributed by atoms with Crippen LogP contribution < -0.4 is 5.32 Å². The molecule has 0 aromatic heterocycles. The summed E-state index contributed by atoms with van der Waals surface area (Å²) in [5.74, 6) is 0.201. The number of ether oxygens (including phenoxy) is 2. The summed E-state index contributed by atoms with van der Waals surface area (Å²) >= 11 is 0. The molecule has 1 aliphatic heterocycles. The second-order valence-electron chi connectivity index (χ2n) is 6.56. The van der Waals surface area contributed by atoms with Gasteiger partial charge in [-0.15, -0.1) is 0 Å². The van der Waals surface area contributed by atoms with Crippen LogP contribution in [-0.2, 0) is 14.3 Å². The van der Waals surface area contributed by atoms with Crippen molar-refractivity contribution in [1.82, 2.24) is 5.32 Å². The number of carbonyl (C=O) groups excluding carboxylic acids is 1. The highest BCUT2D eigenvalue weighted by atomic mass is 16.5. The van der Waals surface area contributed by atoms with Gasteiger partial charge in [-0.3, -0.25) is 4.79 Å². The zero-order chi connectivity index (χ0) is 14.0. The van der Waals surface area contributed by atoms with Crippen LogP contribution in [0.1, 0.15) is 58.3 Å². The first-order chi connectivity index (χ1) is 9.74. The summed E-state index contributed by atoms with van der Waals surface area (Å²) in [5, 5.41) is 3.25. The van der Waals surface area contributed by atoms with Crippen molar-refractivity contribution in [1.29, 1.82) is 0 Å². The van der Waals surface area contributed by atoms with Crippen LogP contribution in [0, 0.1) is 5.41 Å². The highest BCUT2D eigenvalue weighted by molar-refractivity contribution is 5.76. The van der Waals surface area contributed by atoms with Gasteiger partial charge in [0.2, 0.25) is 5.91 Å². The highest BCUT2D eigenvalue weighted by Gasteiger charge is 2.59. The van der Waals surface area contributed by atoms with Gasteiger partial charge in [-0.1, -0.05) is 6.42 Å². The van der Waals surface area contributed by atoms with E-state index in [9.17, 15) is 4.79 Å². The maximum Gasteiger partial charge on any atom is 0.220 e. The lowest BCUT2D eigenvalue weighted by molar-refractivity contribution is -0.175. The minimum absolute atomic E-state index is 0.201. The van der Waals surface area contributed by atoms with E-state index < -0.39 is 0 Å². The minimum atomic E-state index is 0.201. The summed E-state index contributed by atoms with van der Waals surface area (Å²) in [6.45, 7) is 3.71. The molecule has 1 amide bonds. The Bertz CT molecular complexity index is 348. The summed E-state index contributed by atoms with van der Waals surface area (Å²) in [7, 11) is 0. The van der Waals surface area contributed by atoms with E-state index in [4.69, 9.17) is 9.47 Å². The third-order valence-electron chi connectivity index (χ3n) is 5.49. The third kappa shape index (κ3) is 2.60. The highest BCUT2D eigenvalue weighted by Crippen LogP contribution is 2.57. The van der Waals surface area contributed by atoms with Gasteiger partial charge in [0.1, 0.15) is 0 Å². The topological polar surface area (TPSA) is 47.6 Å². The maximum absolute atomic E-state index is 12.1. The van der Waals surface area contributed by atoms with Crippen molar-refractivity contribution in [3.05, 3.63) is 0 Å². The summed E-state index contributed by atoms with van der Waals surface area (Å²) in [4.78, 5) is 12.1. The van der Waals surface area contributed by atoms with Crippen LogP contribution in [-0.4, -0.2) is 37.4 Å². The van der Waals surface area contributed by atoms with Gasteiger partial charge in [0.25, 0.3) is 0 Å². The molecule has 2 aliphatic carbocycles. The van der Waals surface area contributed by atoms with E-state index in [1.165, 1.54) is 19.3 Å². The average molecular weight is 281 g/mol. The molecule has 114 valence electrons. The lowest BCUT2D eigenvalue weighted by Gasteiger charge is -2.61. The fourth-order valence-corrected chi connectivity index (χ4v) is 4.07. The fraction of sp³-hybridized carbons (Fsp3) is 0.938. The van der Waals surface area contributed by atoms with Gasteiger partial charge in [-0.05, 0) is 45.4 Å². The van der Waals surface area contributed by atoms with Crippen LogP contribution in [0.3, 0.4) is 0 Å². The zero-order valence-corrected chi connectivity index (χ0v) is 12.5. The van der Waals surface area contributed by atoms with Crippen molar-refractivity contribution < 1.29 is 14.3 Å². The monoisotopic (exact) mass is 281 g/mol. The first-order valence-electron chi connectivity index (χ1n) is 8.27. The van der Waals surface area contributed by atoms with Crippen LogP contribution >= 0.6 is 0 Å². The molecule has 3 atom stereocenters. The molecule has 3 rings (SSSR count). The van der Waals surface area contributed by atoms with Crippen molar-refractivity contribution in [2.75, 3.05) is 13.2 Å². The number of amides is 1. The molecule has 3 fully saturated rings. The SMILES string of the molecule is CCO[C@H]1C[C@@H](NC(=O)CC[C@@H]2CCCO2)C12CCC2. The Hall–Kier alpha value is -0.610. The predicted molar refractivity (Wildman–Crippen MR) is 76.5 cm³/mol. The van der Waals surface area contributed by atoms with Gasteiger partial charge < -0.3 is 14.8 Å². The fourth-order valence-electron chi connectivity index (χ4n) is 4.07. The lowest BCUT2D eigenvalue weighted by Crippen LogP contribution is -2.67. The minimum Gasteiger partial charge on any atom is -0.378 e. The molecule has 0 unspecified atom stereocenters. The molecule has 1 N–H and O–H groups in total. The van der Waals surface area contributed by atoms with E-state index in [1.54, 1.807) is 0 Å². The molecule has 3 aliphatic rings. The molecule has 0 radical (unpaired) electrons. The second-order valence-corrected chi connectivity index (χ2v) is 6.56. The van der Waals surface area contributed by atoms with Crippen molar-refractivity contribution >= 4 is 5.91 Å². The molecule has 4 nitrogen and oxygen atoms in total. The first-order valence-corrected chi connectivity index (χ1v) is 8.27. The first kappa shape index (κ1) is 14.3. The van der Waals surface area contributed by atoms with Gasteiger partial charge in [0.15, 0.2) is 0 Å². The van der Waals surface area contributed by atoms with Gasteiger partial charge in [0.05, 0.1) is 12.2 Å². The predicted octanol–water partition coefficient (Wildman–Crippen LogP) is 2.41. The van der Waals surface area contributed by atoms with Crippen LogP contribution in [0.25, 0.3) is 0 Å². The number of rotatable bonds is 6. The molecule has 0 bridgehead atoms. The maximum atomic E-state index is 12.1. The molecule has 0 aromatic rings. The molecule has 0 aromatic carbocycles. The van der Waals surface area contributed by atoms with Crippen molar-refractivity contribution in [3.63, 3.8) is 0 Å². The van der Waals surface area contributed by atoms with Crippen molar-refractivity contribution in [2.24, 2.45) is 5.41 Å². The van der Waals surface area contributed by atoms with Crippen LogP contribution in [0.4, 0.5) is 0 Å². The Kier molecular flexibility index (Phi) is 4.32. The quantitative estimate of drug-likeness (QED) is 0.813. The summed E-state index contributed by atoms with van der Waals surface area (Å²) in [5.41, 5.74) is 0.273. The second kappa shape index (κ2) is 6.02. The molecule has 20 heavy (non-hydrogen) atoms. The summed E-state index contributed by atoms with van der Waals surface area (Å²) in [6, 6.07) is 0.352. The van der Waals surface area contributed by atoms with Crippen LogP contribution in [0.5, 0.6) is 0 Å². The zero-order valence-electron chi connectivity index (χ0n) is 12.5. The Morgan fingerprint density at radius 2 is 2.25 bits per heavy atom. The van der Waals surface area contributed by atoms with E-state index in [0.717, 1.165) is 38.9 Å². The largest absolute Gasteiger partial charge is 0.378 e. The normalized spacial score (nSPS) is 34.5. The Morgan fingerprint density at radius 3 is 2.85 bits per heavy atom. The molecular weight excluding hydrogens is 254 g/mol. The van der Waals surface area contributed by atoms with E-state index >= 15 is 0 Å². The van der Waals surface area contributed by atoms with E-state index in [1.807, 2.05) is 0 Å². The average Bonchev–Trinajstić information content (AvgIpc) is 2.86. The Morgan fingerprint density at radius 1 is 1.40 bits per heavy atom. The number of hydrogen-bond acceptors (Lipinski definition) is 3. The van der Waals surface area contributed by atoms with E-state index in [0.29, 0.717) is 24.7 Å². The van der Waals surface area contributed by atoms with Crippen LogP contribution in [0.2, 0.25) is 0 Å². The molecule has 1 saturated heterocycles. The van der Waals surface area contributed by atoms with E-state index in [2.05, 4.69) is 12.2 Å². The molecular formula is C16H27NO3. The van der Waals surface area contributed by atoms with Crippen LogP contribution in [0.15, 0.2) is 0 Å². The smallest absolute Gasteiger partial charge is 0.220 e. The molecule has 2 saturated carbocycles. The van der Waals surface area contributed by atoms with Gasteiger partial charge in [-0.2, -0.15) is 0 Å². The lowest BCUT2D eigenvalue weighted by atomic mass is 9.51. The van der Waals surface area contributed by atoms with Gasteiger partial charge in [0, 0.05) is 31.1 Å². The molecule has 1 spiro atoms. The summed E-state index contributed by atoms with van der Waals surface area (Å²) < 4.78 is 11.4. The molecule has 4 heteroatoms. The van der Waals surface area contributed by atoms with Crippen molar-refractivity contribution in [2.45, 2.75) is 76.5 Å². The van der Waals surface area contributed by atoms with Gasteiger partial charge >= 0.3 is 0 Å². The Labute approximate surface area is 121 Å². The Balaban J connectivity index is 1.42. The number of hydrogen-bond donors (Lipinski definition) is 1. The van der Waals surface area contributed by atoms with Gasteiger partial charge in [-0.25, -0.2) is 0 Å². The third-order valence-corrected chi connectivity index (χ3v) is 5.49. The number of nitrogens with one attached hydrogen (secondary N) is 1. The standard InChI is InChI=1S/C16H27NO3/c1-2-19-14-11-13(16(14)8-4-9-16)17-15(18)7-6-12-5-3-10-20-12/h12-14H,2-11H2,1H3,(H,17,18)/t12-,13+,14-/m0/s1. The van der Waals surface area contributed by atoms with Crippen molar-refractivity contribution in [3.8, 4) is 0 Å². The van der Waals surface area contributed by atoms with E-state index in [-0.39, 0.29) is 11.3 Å².